The molecule has 0 atom stereocenters. The Hall–Kier alpha value is -1.38. The number of hydrogen-bond acceptors (Lipinski definition) is 2. The summed E-state index contributed by atoms with van der Waals surface area (Å²) < 4.78 is 0. The van der Waals surface area contributed by atoms with Crippen LogP contribution in [-0.2, 0) is 11.2 Å². The van der Waals surface area contributed by atoms with E-state index in [9.17, 15) is 4.79 Å². The van der Waals surface area contributed by atoms with Crippen molar-refractivity contribution in [3.8, 4) is 0 Å². The Morgan fingerprint density at radius 2 is 2.21 bits per heavy atom. The van der Waals surface area contributed by atoms with Crippen molar-refractivity contribution < 1.29 is 4.79 Å². The lowest BCUT2D eigenvalue weighted by atomic mass is 10.2. The molecule has 0 saturated carbocycles. The zero-order chi connectivity index (χ0) is 10.4. The summed E-state index contributed by atoms with van der Waals surface area (Å²) >= 11 is 0. The quantitative estimate of drug-likeness (QED) is 0.718. The standard InChI is InChI=1S/C11H15N2O/c1-3-13(4-2)11(14)9-10-5-7-12-8-6-10/h5-7H,3-4,9H2,1-2H3. The fourth-order valence-electron chi connectivity index (χ4n) is 1.32. The molecule has 0 bridgehead atoms. The van der Waals surface area contributed by atoms with E-state index in [1.54, 1.807) is 12.3 Å². The smallest absolute Gasteiger partial charge is 0.226 e. The lowest BCUT2D eigenvalue weighted by Crippen LogP contribution is -2.31. The van der Waals surface area contributed by atoms with E-state index in [1.165, 1.54) is 0 Å². The van der Waals surface area contributed by atoms with E-state index in [4.69, 9.17) is 0 Å². The average molecular weight is 191 g/mol. The number of pyridine rings is 1. The Kier molecular flexibility index (Phi) is 4.11. The van der Waals surface area contributed by atoms with Gasteiger partial charge in [-0.25, -0.2) is 0 Å². The number of likely N-dealkylation sites (N-methyl/N-ethyl adjacent to an activating group) is 1. The molecule has 0 fully saturated rings. The molecule has 0 aliphatic rings. The Balaban J connectivity index is 2.57. The van der Waals surface area contributed by atoms with Gasteiger partial charge in [0, 0.05) is 19.3 Å². The first-order valence-corrected chi connectivity index (χ1v) is 4.86. The van der Waals surface area contributed by atoms with Gasteiger partial charge >= 0.3 is 0 Å². The van der Waals surface area contributed by atoms with Crippen molar-refractivity contribution in [1.29, 1.82) is 0 Å². The first-order valence-electron chi connectivity index (χ1n) is 4.86. The molecule has 3 heteroatoms. The predicted molar refractivity (Wildman–Crippen MR) is 54.7 cm³/mol. The third-order valence-corrected chi connectivity index (χ3v) is 2.16. The van der Waals surface area contributed by atoms with Crippen LogP contribution in [0.3, 0.4) is 0 Å². The molecule has 14 heavy (non-hydrogen) atoms. The molecule has 0 aliphatic heterocycles. The van der Waals surface area contributed by atoms with Gasteiger partial charge in [0.25, 0.3) is 0 Å². The largest absolute Gasteiger partial charge is 0.343 e. The van der Waals surface area contributed by atoms with Crippen LogP contribution in [0.5, 0.6) is 0 Å². The summed E-state index contributed by atoms with van der Waals surface area (Å²) in [7, 11) is 0. The SMILES string of the molecule is CCN(CC)C(=O)Cc1c[c]ncc1. The van der Waals surface area contributed by atoms with Crippen LogP contribution in [-0.4, -0.2) is 28.9 Å². The second-order valence-corrected chi connectivity index (χ2v) is 3.04. The van der Waals surface area contributed by atoms with Crippen molar-refractivity contribution in [3.05, 3.63) is 30.1 Å². The molecule has 1 amide bonds. The van der Waals surface area contributed by atoms with Crippen LogP contribution < -0.4 is 0 Å². The number of amides is 1. The van der Waals surface area contributed by atoms with Crippen molar-refractivity contribution >= 4 is 5.91 Å². The highest BCUT2D eigenvalue weighted by atomic mass is 16.2. The number of nitrogens with zero attached hydrogens (tertiary/aromatic N) is 2. The highest BCUT2D eigenvalue weighted by molar-refractivity contribution is 5.78. The van der Waals surface area contributed by atoms with Crippen LogP contribution in [0, 0.1) is 6.20 Å². The minimum absolute atomic E-state index is 0.162. The zero-order valence-electron chi connectivity index (χ0n) is 8.66. The number of hydrogen-bond donors (Lipinski definition) is 0. The molecule has 0 aliphatic carbocycles. The second-order valence-electron chi connectivity index (χ2n) is 3.04. The molecule has 0 aromatic carbocycles. The summed E-state index contributed by atoms with van der Waals surface area (Å²) in [5, 5.41) is 0. The fraction of sp³-hybridized carbons (Fsp3) is 0.455. The Morgan fingerprint density at radius 1 is 1.50 bits per heavy atom. The first-order chi connectivity index (χ1) is 6.77. The second kappa shape index (κ2) is 5.37. The minimum Gasteiger partial charge on any atom is -0.343 e. The average Bonchev–Trinajstić information content (AvgIpc) is 2.21. The molecule has 3 nitrogen and oxygen atoms in total. The Labute approximate surface area is 84.8 Å². The van der Waals surface area contributed by atoms with E-state index in [2.05, 4.69) is 11.2 Å². The van der Waals surface area contributed by atoms with Crippen molar-refractivity contribution in [1.82, 2.24) is 9.88 Å². The zero-order valence-corrected chi connectivity index (χ0v) is 8.66. The summed E-state index contributed by atoms with van der Waals surface area (Å²) in [5.74, 6) is 0.162. The number of aromatic nitrogens is 1. The molecule has 1 aromatic heterocycles. The van der Waals surface area contributed by atoms with Gasteiger partial charge in [-0.05, 0) is 31.5 Å². The van der Waals surface area contributed by atoms with Gasteiger partial charge < -0.3 is 4.90 Å². The first kappa shape index (κ1) is 10.7. The summed E-state index contributed by atoms with van der Waals surface area (Å²) in [6.45, 7) is 5.51. The lowest BCUT2D eigenvalue weighted by molar-refractivity contribution is -0.130. The van der Waals surface area contributed by atoms with Gasteiger partial charge in [0.1, 0.15) is 0 Å². The molecular weight excluding hydrogens is 176 g/mol. The van der Waals surface area contributed by atoms with E-state index < -0.39 is 0 Å². The molecule has 0 N–H and O–H groups in total. The summed E-state index contributed by atoms with van der Waals surface area (Å²) in [5.41, 5.74) is 0.969. The monoisotopic (exact) mass is 191 g/mol. The van der Waals surface area contributed by atoms with E-state index in [1.807, 2.05) is 24.8 Å². The maximum atomic E-state index is 11.7. The molecule has 75 valence electrons. The van der Waals surface area contributed by atoms with Crippen molar-refractivity contribution in [3.63, 3.8) is 0 Å². The maximum Gasteiger partial charge on any atom is 0.226 e. The van der Waals surface area contributed by atoms with Gasteiger partial charge in [-0.3, -0.25) is 9.78 Å². The van der Waals surface area contributed by atoms with Crippen molar-refractivity contribution in [2.24, 2.45) is 0 Å². The third kappa shape index (κ3) is 2.83. The molecule has 0 unspecified atom stereocenters. The maximum absolute atomic E-state index is 11.7. The number of rotatable bonds is 4. The van der Waals surface area contributed by atoms with Crippen LogP contribution in [0.15, 0.2) is 18.3 Å². The molecule has 1 heterocycles. The van der Waals surface area contributed by atoms with Crippen molar-refractivity contribution in [2.75, 3.05) is 13.1 Å². The molecule has 1 aromatic rings. The summed E-state index contributed by atoms with van der Waals surface area (Å²) in [6, 6.07) is 3.60. The lowest BCUT2D eigenvalue weighted by Gasteiger charge is -2.18. The summed E-state index contributed by atoms with van der Waals surface area (Å²) in [6.07, 6.45) is 4.82. The normalized spacial score (nSPS) is 9.86. The van der Waals surface area contributed by atoms with Gasteiger partial charge in [-0.2, -0.15) is 0 Å². The van der Waals surface area contributed by atoms with E-state index >= 15 is 0 Å². The molecule has 1 radical (unpaired) electrons. The molecule has 0 spiro atoms. The minimum atomic E-state index is 0.162. The van der Waals surface area contributed by atoms with Crippen LogP contribution in [0.2, 0.25) is 0 Å². The van der Waals surface area contributed by atoms with Crippen LogP contribution >= 0.6 is 0 Å². The summed E-state index contributed by atoms with van der Waals surface area (Å²) in [4.78, 5) is 17.3. The van der Waals surface area contributed by atoms with Crippen LogP contribution in [0.25, 0.3) is 0 Å². The predicted octanol–water partition coefficient (Wildman–Crippen LogP) is 1.29. The Morgan fingerprint density at radius 3 is 2.71 bits per heavy atom. The van der Waals surface area contributed by atoms with Gasteiger partial charge in [0.05, 0.1) is 12.6 Å². The molecule has 1 rings (SSSR count). The highest BCUT2D eigenvalue weighted by Crippen LogP contribution is 2.00. The van der Waals surface area contributed by atoms with Crippen molar-refractivity contribution in [2.45, 2.75) is 20.3 Å². The van der Waals surface area contributed by atoms with Crippen LogP contribution in [0.1, 0.15) is 19.4 Å². The van der Waals surface area contributed by atoms with E-state index in [0.29, 0.717) is 6.42 Å². The highest BCUT2D eigenvalue weighted by Gasteiger charge is 2.09. The molecule has 0 saturated heterocycles. The van der Waals surface area contributed by atoms with Gasteiger partial charge in [0.15, 0.2) is 0 Å². The van der Waals surface area contributed by atoms with Gasteiger partial charge in [-0.15, -0.1) is 0 Å². The van der Waals surface area contributed by atoms with Gasteiger partial charge in [0.2, 0.25) is 5.91 Å². The van der Waals surface area contributed by atoms with E-state index in [0.717, 1.165) is 18.7 Å². The van der Waals surface area contributed by atoms with Crippen LogP contribution in [0.4, 0.5) is 0 Å². The van der Waals surface area contributed by atoms with E-state index in [-0.39, 0.29) is 5.91 Å². The van der Waals surface area contributed by atoms with Gasteiger partial charge in [-0.1, -0.05) is 0 Å². The topological polar surface area (TPSA) is 33.2 Å². The fourth-order valence-corrected chi connectivity index (χ4v) is 1.32. The third-order valence-electron chi connectivity index (χ3n) is 2.16. The number of carbonyl (C=O) groups is 1. The molecular formula is C11H15N2O. The number of carbonyl (C=O) groups excluding carboxylic acids is 1. The Bertz CT molecular complexity index is 281.